The second kappa shape index (κ2) is 7.47. The standard InChI is InChI=1S/C18H32N2O2/c1-18(2,3)13-9-11-15(12-10-13)20-17(22)16(21)19-14-7-5-4-6-8-14/h13-15H,4-12H2,1-3H3,(H,19,21)(H,20,22). The highest BCUT2D eigenvalue weighted by Gasteiger charge is 2.31. The van der Waals surface area contributed by atoms with E-state index in [0.29, 0.717) is 5.41 Å². The molecule has 126 valence electrons. The van der Waals surface area contributed by atoms with Crippen LogP contribution in [0.25, 0.3) is 0 Å². The molecule has 2 amide bonds. The summed E-state index contributed by atoms with van der Waals surface area (Å²) in [7, 11) is 0. The van der Waals surface area contributed by atoms with Crippen molar-refractivity contribution in [1.82, 2.24) is 10.6 Å². The van der Waals surface area contributed by atoms with Crippen LogP contribution in [-0.4, -0.2) is 23.9 Å². The fourth-order valence-electron chi connectivity index (χ4n) is 3.85. The molecule has 0 aromatic heterocycles. The normalized spacial score (nSPS) is 27.2. The molecule has 0 aromatic rings. The molecule has 0 aromatic carbocycles. The summed E-state index contributed by atoms with van der Waals surface area (Å²) in [5, 5.41) is 5.82. The minimum atomic E-state index is -0.440. The van der Waals surface area contributed by atoms with Crippen LogP contribution in [0.15, 0.2) is 0 Å². The van der Waals surface area contributed by atoms with E-state index in [4.69, 9.17) is 0 Å². The van der Waals surface area contributed by atoms with Crippen LogP contribution in [0.4, 0.5) is 0 Å². The molecule has 4 nitrogen and oxygen atoms in total. The largest absolute Gasteiger partial charge is 0.345 e. The van der Waals surface area contributed by atoms with Gasteiger partial charge in [0.05, 0.1) is 0 Å². The highest BCUT2D eigenvalue weighted by Crippen LogP contribution is 2.37. The van der Waals surface area contributed by atoms with E-state index in [9.17, 15) is 9.59 Å². The molecular formula is C18H32N2O2. The lowest BCUT2D eigenvalue weighted by atomic mass is 9.71. The third-order valence-electron chi connectivity index (χ3n) is 5.43. The Labute approximate surface area is 134 Å². The van der Waals surface area contributed by atoms with Crippen LogP contribution in [0.5, 0.6) is 0 Å². The summed E-state index contributed by atoms with van der Waals surface area (Å²) in [5.41, 5.74) is 0.341. The van der Waals surface area contributed by atoms with Crippen molar-refractivity contribution < 1.29 is 9.59 Å². The second-order valence-electron chi connectivity index (χ2n) is 8.20. The molecule has 2 aliphatic rings. The first-order chi connectivity index (χ1) is 10.4. The van der Waals surface area contributed by atoms with Crippen molar-refractivity contribution in [3.63, 3.8) is 0 Å². The van der Waals surface area contributed by atoms with Crippen molar-refractivity contribution in [2.75, 3.05) is 0 Å². The maximum absolute atomic E-state index is 12.0. The van der Waals surface area contributed by atoms with E-state index in [1.165, 1.54) is 6.42 Å². The highest BCUT2D eigenvalue weighted by atomic mass is 16.2. The Hall–Kier alpha value is -1.06. The van der Waals surface area contributed by atoms with Gasteiger partial charge < -0.3 is 10.6 Å². The van der Waals surface area contributed by atoms with Crippen molar-refractivity contribution in [3.05, 3.63) is 0 Å². The average Bonchev–Trinajstić information content (AvgIpc) is 2.48. The Bertz CT molecular complexity index is 386. The van der Waals surface area contributed by atoms with E-state index in [1.54, 1.807) is 0 Å². The van der Waals surface area contributed by atoms with Gasteiger partial charge in [-0.25, -0.2) is 0 Å². The summed E-state index contributed by atoms with van der Waals surface area (Å²) in [6, 6.07) is 0.367. The van der Waals surface area contributed by atoms with Crippen LogP contribution < -0.4 is 10.6 Å². The Morgan fingerprint density at radius 1 is 0.727 bits per heavy atom. The number of amides is 2. The van der Waals surface area contributed by atoms with Crippen LogP contribution in [0.3, 0.4) is 0 Å². The molecule has 0 heterocycles. The Balaban J connectivity index is 1.72. The second-order valence-corrected chi connectivity index (χ2v) is 8.20. The zero-order valence-electron chi connectivity index (χ0n) is 14.4. The molecule has 22 heavy (non-hydrogen) atoms. The van der Waals surface area contributed by atoms with Crippen LogP contribution in [0, 0.1) is 11.3 Å². The fourth-order valence-corrected chi connectivity index (χ4v) is 3.85. The highest BCUT2D eigenvalue weighted by molar-refractivity contribution is 6.35. The lowest BCUT2D eigenvalue weighted by Crippen LogP contribution is -2.49. The summed E-state index contributed by atoms with van der Waals surface area (Å²) >= 11 is 0. The van der Waals surface area contributed by atoms with E-state index in [1.807, 2.05) is 0 Å². The lowest BCUT2D eigenvalue weighted by molar-refractivity contribution is -0.140. The van der Waals surface area contributed by atoms with Gasteiger partial charge in [0.15, 0.2) is 0 Å². The predicted octanol–water partition coefficient (Wildman–Crippen LogP) is 3.16. The van der Waals surface area contributed by atoms with E-state index < -0.39 is 11.8 Å². The molecule has 0 radical (unpaired) electrons. The van der Waals surface area contributed by atoms with Gasteiger partial charge in [0.25, 0.3) is 0 Å². The molecule has 2 saturated carbocycles. The van der Waals surface area contributed by atoms with Gasteiger partial charge >= 0.3 is 11.8 Å². The molecule has 0 bridgehead atoms. The molecule has 2 aliphatic carbocycles. The van der Waals surface area contributed by atoms with Gasteiger partial charge in [-0.3, -0.25) is 9.59 Å². The zero-order chi connectivity index (χ0) is 16.2. The van der Waals surface area contributed by atoms with Gasteiger partial charge in [0, 0.05) is 12.1 Å². The molecule has 0 aliphatic heterocycles. The molecular weight excluding hydrogens is 276 g/mol. The number of rotatable bonds is 2. The first kappa shape index (κ1) is 17.3. The van der Waals surface area contributed by atoms with Gasteiger partial charge in [-0.05, 0) is 49.9 Å². The van der Waals surface area contributed by atoms with Gasteiger partial charge in [-0.15, -0.1) is 0 Å². The molecule has 0 spiro atoms. The van der Waals surface area contributed by atoms with Gasteiger partial charge in [-0.1, -0.05) is 40.0 Å². The minimum absolute atomic E-state index is 0.170. The minimum Gasteiger partial charge on any atom is -0.345 e. The number of hydrogen-bond acceptors (Lipinski definition) is 2. The van der Waals surface area contributed by atoms with Crippen molar-refractivity contribution in [1.29, 1.82) is 0 Å². The van der Waals surface area contributed by atoms with E-state index in [0.717, 1.165) is 57.3 Å². The molecule has 2 fully saturated rings. The van der Waals surface area contributed by atoms with Crippen molar-refractivity contribution >= 4 is 11.8 Å². The molecule has 0 unspecified atom stereocenters. The van der Waals surface area contributed by atoms with Crippen LogP contribution >= 0.6 is 0 Å². The first-order valence-electron chi connectivity index (χ1n) is 8.97. The van der Waals surface area contributed by atoms with Crippen molar-refractivity contribution in [2.45, 2.75) is 90.6 Å². The monoisotopic (exact) mass is 308 g/mol. The molecule has 2 rings (SSSR count). The molecule has 2 N–H and O–H groups in total. The Morgan fingerprint density at radius 2 is 1.18 bits per heavy atom. The van der Waals surface area contributed by atoms with Crippen LogP contribution in [0.2, 0.25) is 0 Å². The molecule has 0 atom stereocenters. The van der Waals surface area contributed by atoms with E-state index >= 15 is 0 Å². The topological polar surface area (TPSA) is 58.2 Å². The fraction of sp³-hybridized carbons (Fsp3) is 0.889. The van der Waals surface area contributed by atoms with Crippen LogP contribution in [-0.2, 0) is 9.59 Å². The third-order valence-corrected chi connectivity index (χ3v) is 5.43. The average molecular weight is 308 g/mol. The number of carbonyl (C=O) groups is 2. The number of carbonyl (C=O) groups excluding carboxylic acids is 2. The zero-order valence-corrected chi connectivity index (χ0v) is 14.4. The van der Waals surface area contributed by atoms with Gasteiger partial charge in [0.2, 0.25) is 0 Å². The summed E-state index contributed by atoms with van der Waals surface area (Å²) in [6.45, 7) is 6.86. The van der Waals surface area contributed by atoms with Crippen molar-refractivity contribution in [3.8, 4) is 0 Å². The van der Waals surface area contributed by atoms with E-state index in [2.05, 4.69) is 31.4 Å². The maximum atomic E-state index is 12.0. The van der Waals surface area contributed by atoms with Crippen molar-refractivity contribution in [2.24, 2.45) is 11.3 Å². The smallest absolute Gasteiger partial charge is 0.309 e. The summed E-state index contributed by atoms with van der Waals surface area (Å²) in [4.78, 5) is 24.0. The van der Waals surface area contributed by atoms with Gasteiger partial charge in [0.1, 0.15) is 0 Å². The lowest BCUT2D eigenvalue weighted by Gasteiger charge is -2.37. The Kier molecular flexibility index (Phi) is 5.87. The number of nitrogens with one attached hydrogen (secondary N) is 2. The van der Waals surface area contributed by atoms with Crippen LogP contribution in [0.1, 0.15) is 78.6 Å². The van der Waals surface area contributed by atoms with Gasteiger partial charge in [-0.2, -0.15) is 0 Å². The number of hydrogen-bond donors (Lipinski definition) is 2. The van der Waals surface area contributed by atoms with E-state index in [-0.39, 0.29) is 12.1 Å². The summed E-state index contributed by atoms with van der Waals surface area (Å²) < 4.78 is 0. The summed E-state index contributed by atoms with van der Waals surface area (Å²) in [5.74, 6) is -0.161. The Morgan fingerprint density at radius 3 is 1.64 bits per heavy atom. The first-order valence-corrected chi connectivity index (χ1v) is 8.97. The molecule has 0 saturated heterocycles. The summed E-state index contributed by atoms with van der Waals surface area (Å²) in [6.07, 6.45) is 9.83. The maximum Gasteiger partial charge on any atom is 0.309 e. The predicted molar refractivity (Wildman–Crippen MR) is 88.4 cm³/mol. The quantitative estimate of drug-likeness (QED) is 0.770. The molecule has 4 heteroatoms. The third kappa shape index (κ3) is 4.99. The SMILES string of the molecule is CC(C)(C)C1CCC(NC(=O)C(=O)NC2CCCCC2)CC1.